The third-order valence-corrected chi connectivity index (χ3v) is 9.36. The zero-order valence-electron chi connectivity index (χ0n) is 23.5. The third-order valence-electron chi connectivity index (χ3n) is 7.34. The summed E-state index contributed by atoms with van der Waals surface area (Å²) in [6, 6.07) is 19.3. The minimum absolute atomic E-state index is 0.0483. The number of methoxy groups -OCH3 is 1. The second-order valence-corrected chi connectivity index (χ2v) is 12.6. The zero-order chi connectivity index (χ0) is 29.6. The van der Waals surface area contributed by atoms with E-state index in [-0.39, 0.29) is 29.1 Å². The summed E-state index contributed by atoms with van der Waals surface area (Å²) in [4.78, 5) is 28.8. The van der Waals surface area contributed by atoms with Crippen LogP contribution < -0.4 is 14.4 Å². The van der Waals surface area contributed by atoms with E-state index in [0.717, 1.165) is 41.1 Å². The van der Waals surface area contributed by atoms with Crippen LogP contribution in [0.3, 0.4) is 0 Å². The highest BCUT2D eigenvalue weighted by Crippen LogP contribution is 2.28. The zero-order valence-corrected chi connectivity index (χ0v) is 25.1. The topological polar surface area (TPSA) is 96.0 Å². The number of carbonyl (C=O) groups excluding carboxylic acids is 2. The lowest BCUT2D eigenvalue weighted by molar-refractivity contribution is -0.139. The quantitative estimate of drug-likeness (QED) is 0.322. The smallest absolute Gasteiger partial charge is 0.264 e. The molecule has 1 atom stereocenters. The van der Waals surface area contributed by atoms with Gasteiger partial charge < -0.3 is 15.0 Å². The molecule has 1 saturated carbocycles. The summed E-state index contributed by atoms with van der Waals surface area (Å²) in [6.45, 7) is 3.09. The maximum atomic E-state index is 14.1. The lowest BCUT2D eigenvalue weighted by atomic mass is 10.1. The van der Waals surface area contributed by atoms with Crippen molar-refractivity contribution in [1.82, 2.24) is 10.2 Å². The Hall–Kier alpha value is -3.56. The fraction of sp³-hybridized carbons (Fsp3) is 0.355. The fourth-order valence-electron chi connectivity index (χ4n) is 4.94. The van der Waals surface area contributed by atoms with Gasteiger partial charge in [-0.1, -0.05) is 60.3 Å². The van der Waals surface area contributed by atoms with E-state index in [1.807, 2.05) is 13.0 Å². The molecule has 0 heterocycles. The van der Waals surface area contributed by atoms with Crippen molar-refractivity contribution < 1.29 is 22.7 Å². The van der Waals surface area contributed by atoms with Gasteiger partial charge in [0, 0.05) is 23.7 Å². The first-order valence-corrected chi connectivity index (χ1v) is 15.5. The number of nitrogens with one attached hydrogen (secondary N) is 1. The molecule has 0 radical (unpaired) electrons. The molecular formula is C31H36ClN3O5S. The normalized spacial score (nSPS) is 14.3. The molecule has 3 aromatic carbocycles. The number of hydrogen-bond donors (Lipinski definition) is 1. The van der Waals surface area contributed by atoms with Gasteiger partial charge in [-0.3, -0.25) is 13.9 Å². The highest BCUT2D eigenvalue weighted by atomic mass is 35.5. The molecule has 0 saturated heterocycles. The summed E-state index contributed by atoms with van der Waals surface area (Å²) in [6.07, 6.45) is 3.91. The maximum absolute atomic E-state index is 14.1. The molecular weight excluding hydrogens is 562 g/mol. The van der Waals surface area contributed by atoms with Gasteiger partial charge in [0.05, 0.1) is 17.7 Å². The number of anilines is 1. The van der Waals surface area contributed by atoms with Gasteiger partial charge in [-0.15, -0.1) is 0 Å². The standard InChI is InChI=1S/C31H36ClN3O5S/c1-22-14-16-29(17-15-22)41(38,39)35(27-12-7-13-28(19-27)40-3)21-30(36)34(20-24-8-6-9-25(32)18-24)23(2)31(37)33-26-10-4-5-11-26/h6-9,12-19,23,26H,4-5,10-11,20-21H2,1-3H3,(H,33,37)/t23-/m0/s1. The van der Waals surface area contributed by atoms with Crippen molar-refractivity contribution in [1.29, 1.82) is 0 Å². The Morgan fingerprint density at radius 1 is 1.02 bits per heavy atom. The molecule has 4 rings (SSSR count). The molecule has 1 aliphatic rings. The second kappa shape index (κ2) is 13.4. The van der Waals surface area contributed by atoms with Crippen LogP contribution in [0.5, 0.6) is 5.75 Å². The first kappa shape index (κ1) is 30.4. The third kappa shape index (κ3) is 7.59. The van der Waals surface area contributed by atoms with E-state index < -0.39 is 28.5 Å². The van der Waals surface area contributed by atoms with Crippen molar-refractivity contribution in [3.05, 3.63) is 88.9 Å². The monoisotopic (exact) mass is 597 g/mol. The molecule has 41 heavy (non-hydrogen) atoms. The molecule has 1 N–H and O–H groups in total. The Morgan fingerprint density at radius 3 is 2.37 bits per heavy atom. The average molecular weight is 598 g/mol. The summed E-state index contributed by atoms with van der Waals surface area (Å²) in [7, 11) is -2.67. The first-order valence-electron chi connectivity index (χ1n) is 13.7. The summed E-state index contributed by atoms with van der Waals surface area (Å²) in [5.41, 5.74) is 1.90. The van der Waals surface area contributed by atoms with Crippen molar-refractivity contribution in [2.45, 2.75) is 63.1 Å². The minimum atomic E-state index is -4.16. The van der Waals surface area contributed by atoms with E-state index in [2.05, 4.69) is 5.32 Å². The molecule has 0 spiro atoms. The van der Waals surface area contributed by atoms with Crippen LogP contribution in [0.2, 0.25) is 5.02 Å². The van der Waals surface area contributed by atoms with E-state index in [4.69, 9.17) is 16.3 Å². The molecule has 0 unspecified atom stereocenters. The molecule has 1 fully saturated rings. The van der Waals surface area contributed by atoms with Gasteiger partial charge in [-0.2, -0.15) is 0 Å². The summed E-state index contributed by atoms with van der Waals surface area (Å²) in [5, 5.41) is 3.56. The van der Waals surface area contributed by atoms with Gasteiger partial charge in [0.1, 0.15) is 18.3 Å². The van der Waals surface area contributed by atoms with Gasteiger partial charge in [0.2, 0.25) is 11.8 Å². The highest BCUT2D eigenvalue weighted by molar-refractivity contribution is 7.92. The van der Waals surface area contributed by atoms with Crippen LogP contribution in [0.15, 0.2) is 77.7 Å². The van der Waals surface area contributed by atoms with Gasteiger partial charge in [-0.05, 0) is 68.7 Å². The SMILES string of the molecule is COc1cccc(N(CC(=O)N(Cc2cccc(Cl)c2)[C@@H](C)C(=O)NC2CCCC2)S(=O)(=O)c2ccc(C)cc2)c1. The fourth-order valence-corrected chi connectivity index (χ4v) is 6.56. The van der Waals surface area contributed by atoms with Gasteiger partial charge in [0.25, 0.3) is 10.0 Å². The van der Waals surface area contributed by atoms with E-state index in [0.29, 0.717) is 10.8 Å². The molecule has 8 nitrogen and oxygen atoms in total. The largest absolute Gasteiger partial charge is 0.497 e. The van der Waals surface area contributed by atoms with Crippen LogP contribution in [0.25, 0.3) is 0 Å². The van der Waals surface area contributed by atoms with Crippen LogP contribution in [-0.2, 0) is 26.2 Å². The summed E-state index contributed by atoms with van der Waals surface area (Å²) < 4.78 is 34.3. The number of ether oxygens (including phenoxy) is 1. The summed E-state index contributed by atoms with van der Waals surface area (Å²) >= 11 is 6.21. The molecule has 218 valence electrons. The molecule has 0 aromatic heterocycles. The van der Waals surface area contributed by atoms with E-state index in [1.165, 1.54) is 24.1 Å². The predicted octanol–water partition coefficient (Wildman–Crippen LogP) is 5.33. The van der Waals surface area contributed by atoms with Crippen molar-refractivity contribution in [3.8, 4) is 5.75 Å². The average Bonchev–Trinajstić information content (AvgIpc) is 3.47. The molecule has 0 aliphatic heterocycles. The van der Waals surface area contributed by atoms with Crippen LogP contribution in [0.1, 0.15) is 43.7 Å². The number of aryl methyl sites for hydroxylation is 1. The summed E-state index contributed by atoms with van der Waals surface area (Å²) in [5.74, 6) is -0.363. The van der Waals surface area contributed by atoms with Gasteiger partial charge in [-0.25, -0.2) is 8.42 Å². The Balaban J connectivity index is 1.70. The highest BCUT2D eigenvalue weighted by Gasteiger charge is 2.33. The number of sulfonamides is 1. The number of rotatable bonds is 11. The number of halogens is 1. The Labute approximate surface area is 247 Å². The van der Waals surface area contributed by atoms with Crippen molar-refractivity contribution in [2.75, 3.05) is 18.0 Å². The number of benzene rings is 3. The lowest BCUT2D eigenvalue weighted by Gasteiger charge is -2.32. The number of hydrogen-bond acceptors (Lipinski definition) is 5. The van der Waals surface area contributed by atoms with E-state index in [9.17, 15) is 18.0 Å². The Bertz CT molecular complexity index is 1470. The Morgan fingerprint density at radius 2 is 1.71 bits per heavy atom. The van der Waals surface area contributed by atoms with Gasteiger partial charge in [0.15, 0.2) is 0 Å². The van der Waals surface area contributed by atoms with Crippen molar-refractivity contribution in [2.24, 2.45) is 0 Å². The van der Waals surface area contributed by atoms with Crippen LogP contribution >= 0.6 is 11.6 Å². The first-order chi connectivity index (χ1) is 19.6. The van der Waals surface area contributed by atoms with E-state index >= 15 is 0 Å². The molecule has 2 amide bonds. The van der Waals surface area contributed by atoms with Crippen molar-refractivity contribution >= 4 is 39.1 Å². The van der Waals surface area contributed by atoms with Crippen LogP contribution in [0.4, 0.5) is 5.69 Å². The number of amides is 2. The Kier molecular flexibility index (Phi) is 9.94. The second-order valence-electron chi connectivity index (χ2n) is 10.3. The van der Waals surface area contributed by atoms with E-state index in [1.54, 1.807) is 61.5 Å². The molecule has 1 aliphatic carbocycles. The minimum Gasteiger partial charge on any atom is -0.497 e. The molecule has 10 heteroatoms. The lowest BCUT2D eigenvalue weighted by Crippen LogP contribution is -2.52. The maximum Gasteiger partial charge on any atom is 0.264 e. The van der Waals surface area contributed by atoms with Crippen molar-refractivity contribution in [3.63, 3.8) is 0 Å². The van der Waals surface area contributed by atoms with Gasteiger partial charge >= 0.3 is 0 Å². The predicted molar refractivity (Wildman–Crippen MR) is 161 cm³/mol. The molecule has 3 aromatic rings. The van der Waals surface area contributed by atoms with Crippen LogP contribution in [-0.4, -0.2) is 50.9 Å². The molecule has 0 bridgehead atoms. The van der Waals surface area contributed by atoms with Crippen LogP contribution in [0, 0.1) is 6.92 Å². The number of nitrogens with zero attached hydrogens (tertiary/aromatic N) is 2. The number of carbonyl (C=O) groups is 2.